The minimum atomic E-state index is -1.80. The molecular weight excluding hydrogens is 773 g/mol. The first kappa shape index (κ1) is 49.3. The topological polar surface area (TPSA) is 232 Å². The molecule has 334 valence electrons. The van der Waals surface area contributed by atoms with Gasteiger partial charge in [0.15, 0.2) is 0 Å². The molecule has 1 saturated heterocycles. The van der Waals surface area contributed by atoms with Crippen LogP contribution in [0.4, 0.5) is 0 Å². The van der Waals surface area contributed by atoms with E-state index < -0.39 is 94.3 Å². The van der Waals surface area contributed by atoms with Gasteiger partial charge in [-0.3, -0.25) is 33.6 Å². The van der Waals surface area contributed by atoms with Gasteiger partial charge in [-0.15, -0.1) is 0 Å². The first-order valence-electron chi connectivity index (χ1n) is 21.1. The smallest absolute Gasteiger partial charge is 0.326 e. The maximum atomic E-state index is 14.4. The van der Waals surface area contributed by atoms with E-state index in [1.807, 2.05) is 30.3 Å². The molecule has 1 aliphatic carbocycles. The van der Waals surface area contributed by atoms with Crippen molar-refractivity contribution in [2.45, 2.75) is 150 Å². The van der Waals surface area contributed by atoms with Gasteiger partial charge < -0.3 is 41.3 Å². The van der Waals surface area contributed by atoms with E-state index in [9.17, 15) is 48.6 Å². The summed E-state index contributed by atoms with van der Waals surface area (Å²) in [6.45, 7) is 14.9. The average molecular weight is 841 g/mol. The fourth-order valence-electron chi connectivity index (χ4n) is 8.19. The maximum Gasteiger partial charge on any atom is 0.326 e. The fourth-order valence-corrected chi connectivity index (χ4v) is 8.19. The summed E-state index contributed by atoms with van der Waals surface area (Å²) < 4.78 is 0. The summed E-state index contributed by atoms with van der Waals surface area (Å²) in [5.74, 6) is -7.23. The number of amides is 6. The third-order valence-electron chi connectivity index (χ3n) is 11.5. The Bertz CT molecular complexity index is 1710. The van der Waals surface area contributed by atoms with Crippen molar-refractivity contribution >= 4 is 47.4 Å². The van der Waals surface area contributed by atoms with Crippen LogP contribution in [0.25, 0.3) is 0 Å². The van der Waals surface area contributed by atoms with E-state index in [1.54, 1.807) is 60.3 Å². The Balaban J connectivity index is 1.95. The van der Waals surface area contributed by atoms with Crippen LogP contribution in [-0.2, 0) is 44.8 Å². The lowest BCUT2D eigenvalue weighted by molar-refractivity contribution is -0.155. The molecular formula is C44H68N6O10. The number of hydrogen-bond donors (Lipinski definition) is 6. The number of likely N-dealkylation sites (tertiary alicyclic amines) is 1. The van der Waals surface area contributed by atoms with Gasteiger partial charge in [0.1, 0.15) is 30.2 Å². The Morgan fingerprint density at radius 2 is 1.32 bits per heavy atom. The second kappa shape index (κ2) is 21.0. The van der Waals surface area contributed by atoms with Crippen molar-refractivity contribution < 1.29 is 48.6 Å². The lowest BCUT2D eigenvalue weighted by Crippen LogP contribution is -2.64. The first-order valence-corrected chi connectivity index (χ1v) is 21.1. The second-order valence-corrected chi connectivity index (χ2v) is 19.1. The molecule has 16 nitrogen and oxygen atoms in total. The number of aryl methyl sites for hydroxylation is 1. The number of hydrogen-bond acceptors (Lipinski definition) is 8. The Hall–Kier alpha value is -5.02. The van der Waals surface area contributed by atoms with E-state index in [0.717, 1.165) is 18.4 Å². The van der Waals surface area contributed by atoms with Crippen LogP contribution in [-0.4, -0.2) is 118 Å². The molecule has 0 spiro atoms. The normalized spacial score (nSPS) is 17.7. The molecule has 5 atom stereocenters. The van der Waals surface area contributed by atoms with Gasteiger partial charge >= 0.3 is 11.9 Å². The molecule has 0 bridgehead atoms. The molecule has 2 aliphatic rings. The van der Waals surface area contributed by atoms with Crippen molar-refractivity contribution in [1.29, 1.82) is 0 Å². The van der Waals surface area contributed by atoms with Crippen LogP contribution in [0, 0.1) is 22.2 Å². The van der Waals surface area contributed by atoms with Crippen LogP contribution in [0.5, 0.6) is 0 Å². The summed E-state index contributed by atoms with van der Waals surface area (Å²) in [4.78, 5) is 112. The standard InChI is InChI=1S/C44H68N6O10/c1-27(2)33(49(9)31(51)20-19-28-17-11-10-12-18-28)37(54)47-34(43(6,7)8)38(55)45-29(25-32(52)50-23-15-16-24-50)36(53)48-35(44(41(59)60)21-13-14-22-44)39(56)46-30(40(57)58)26-42(3,4)5/h10-12,17-18,27,29-30,33-35H,13-16,19-26H2,1-9H3,(H,45,55)(H,46,56)(H,47,54)(H,48,53)(H,57,58)(H,59,60)/t29-,30-,33-,34+,35+/m0/s1. The van der Waals surface area contributed by atoms with Gasteiger partial charge in [0.2, 0.25) is 35.4 Å². The van der Waals surface area contributed by atoms with Crippen LogP contribution in [0.15, 0.2) is 30.3 Å². The molecule has 1 saturated carbocycles. The van der Waals surface area contributed by atoms with Crippen LogP contribution < -0.4 is 21.3 Å². The Kier molecular flexibility index (Phi) is 17.3. The van der Waals surface area contributed by atoms with E-state index >= 15 is 0 Å². The Morgan fingerprint density at radius 3 is 1.82 bits per heavy atom. The van der Waals surface area contributed by atoms with Crippen molar-refractivity contribution in [2.75, 3.05) is 20.1 Å². The minimum Gasteiger partial charge on any atom is -0.481 e. The van der Waals surface area contributed by atoms with Gasteiger partial charge in [-0.25, -0.2) is 4.79 Å². The molecule has 3 rings (SSSR count). The highest BCUT2D eigenvalue weighted by Gasteiger charge is 2.53. The van der Waals surface area contributed by atoms with Crippen LogP contribution >= 0.6 is 0 Å². The molecule has 0 aromatic heterocycles. The number of rotatable bonds is 19. The zero-order valence-electron chi connectivity index (χ0n) is 36.9. The van der Waals surface area contributed by atoms with Crippen molar-refractivity contribution in [2.24, 2.45) is 22.2 Å². The van der Waals surface area contributed by atoms with E-state index in [0.29, 0.717) is 32.4 Å². The van der Waals surface area contributed by atoms with Gasteiger partial charge in [0.05, 0.1) is 11.8 Å². The molecule has 6 N–H and O–H groups in total. The lowest BCUT2D eigenvalue weighted by Gasteiger charge is -2.37. The molecule has 1 aliphatic heterocycles. The predicted octanol–water partition coefficient (Wildman–Crippen LogP) is 3.27. The maximum absolute atomic E-state index is 14.4. The number of benzene rings is 1. The van der Waals surface area contributed by atoms with Crippen molar-refractivity contribution in [3.63, 3.8) is 0 Å². The number of likely N-dealkylation sites (N-methyl/N-ethyl adjacent to an activating group) is 1. The predicted molar refractivity (Wildman–Crippen MR) is 224 cm³/mol. The zero-order valence-corrected chi connectivity index (χ0v) is 36.9. The van der Waals surface area contributed by atoms with Gasteiger partial charge in [-0.2, -0.15) is 0 Å². The molecule has 1 heterocycles. The number of carbonyl (C=O) groups is 8. The number of aliphatic carboxylic acids is 2. The van der Waals surface area contributed by atoms with Gasteiger partial charge in [0.25, 0.3) is 0 Å². The van der Waals surface area contributed by atoms with Gasteiger partial charge in [-0.1, -0.05) is 98.6 Å². The third-order valence-corrected chi connectivity index (χ3v) is 11.5. The summed E-state index contributed by atoms with van der Waals surface area (Å²) >= 11 is 0. The molecule has 0 radical (unpaired) electrons. The summed E-state index contributed by atoms with van der Waals surface area (Å²) in [6, 6.07) is 2.43. The summed E-state index contributed by atoms with van der Waals surface area (Å²) in [7, 11) is 1.54. The van der Waals surface area contributed by atoms with Gasteiger partial charge in [-0.05, 0) is 60.8 Å². The molecule has 60 heavy (non-hydrogen) atoms. The second-order valence-electron chi connectivity index (χ2n) is 19.1. The zero-order chi connectivity index (χ0) is 45.2. The van der Waals surface area contributed by atoms with Gasteiger partial charge in [0, 0.05) is 26.6 Å². The highest BCUT2D eigenvalue weighted by atomic mass is 16.4. The molecule has 1 aromatic carbocycles. The highest BCUT2D eigenvalue weighted by molar-refractivity contribution is 6.00. The quantitative estimate of drug-likeness (QED) is 0.119. The lowest BCUT2D eigenvalue weighted by atomic mass is 9.77. The van der Waals surface area contributed by atoms with E-state index in [2.05, 4.69) is 21.3 Å². The van der Waals surface area contributed by atoms with Crippen LogP contribution in [0.1, 0.15) is 119 Å². The number of carboxylic acid groups (broad SMARTS) is 2. The van der Waals surface area contributed by atoms with E-state index in [4.69, 9.17) is 0 Å². The van der Waals surface area contributed by atoms with Crippen molar-refractivity contribution in [1.82, 2.24) is 31.1 Å². The minimum absolute atomic E-state index is 0.00699. The SMILES string of the molecule is CC(C)[C@@H](C(=O)N[C@H](C(=O)N[C@@H](CC(=O)N1CCCC1)C(=O)N[C@H](C(=O)N[C@@H](CC(C)(C)C)C(=O)O)C1(C(=O)O)CCCC1)C(C)(C)C)N(C)C(=O)CCc1ccccc1. The monoisotopic (exact) mass is 840 g/mol. The average Bonchev–Trinajstić information content (AvgIpc) is 3.88. The fraction of sp³-hybridized carbons (Fsp3) is 0.682. The summed E-state index contributed by atoms with van der Waals surface area (Å²) in [5.41, 5.74) is -2.33. The molecule has 1 aromatic rings. The summed E-state index contributed by atoms with van der Waals surface area (Å²) in [6.07, 6.45) is 2.47. The van der Waals surface area contributed by atoms with E-state index in [1.165, 1.54) is 11.9 Å². The highest BCUT2D eigenvalue weighted by Crippen LogP contribution is 2.42. The van der Waals surface area contributed by atoms with Crippen LogP contribution in [0.2, 0.25) is 0 Å². The number of nitrogens with zero attached hydrogens (tertiary/aromatic N) is 2. The molecule has 16 heteroatoms. The van der Waals surface area contributed by atoms with Crippen molar-refractivity contribution in [3.05, 3.63) is 35.9 Å². The number of carboxylic acids is 2. The molecule has 0 unspecified atom stereocenters. The third kappa shape index (κ3) is 13.5. The molecule has 2 fully saturated rings. The van der Waals surface area contributed by atoms with E-state index in [-0.39, 0.29) is 37.5 Å². The van der Waals surface area contributed by atoms with Crippen molar-refractivity contribution in [3.8, 4) is 0 Å². The first-order chi connectivity index (χ1) is 27.9. The number of nitrogens with one attached hydrogen (secondary N) is 4. The number of carbonyl (C=O) groups excluding carboxylic acids is 6. The molecule has 6 amide bonds. The Morgan fingerprint density at radius 1 is 0.750 bits per heavy atom. The Labute approximate surface area is 354 Å². The van der Waals surface area contributed by atoms with Crippen LogP contribution in [0.3, 0.4) is 0 Å². The largest absolute Gasteiger partial charge is 0.481 e. The summed E-state index contributed by atoms with van der Waals surface area (Å²) in [5, 5.41) is 31.0.